The van der Waals surface area contributed by atoms with E-state index in [2.05, 4.69) is 31.5 Å². The van der Waals surface area contributed by atoms with Crippen LogP contribution in [0.1, 0.15) is 0 Å². The Hall–Kier alpha value is -2.08. The number of para-hydroxylation sites is 1. The zero-order valence-corrected chi connectivity index (χ0v) is 10.8. The summed E-state index contributed by atoms with van der Waals surface area (Å²) in [4.78, 5) is 25.6. The van der Waals surface area contributed by atoms with Crippen molar-refractivity contribution >= 4 is 33.3 Å². The number of pyridine rings is 1. The fourth-order valence-corrected chi connectivity index (χ4v) is 1.70. The van der Waals surface area contributed by atoms with E-state index in [-0.39, 0.29) is 11.2 Å². The van der Waals surface area contributed by atoms with Crippen LogP contribution in [-0.2, 0) is 0 Å². The van der Waals surface area contributed by atoms with E-state index in [1.54, 1.807) is 12.1 Å². The lowest BCUT2D eigenvalue weighted by molar-refractivity contribution is 0.262. The lowest BCUT2D eigenvalue weighted by Crippen LogP contribution is -2.24. The average Bonchev–Trinajstić information content (AvgIpc) is 2.35. The third-order valence-electron chi connectivity index (χ3n) is 2.15. The molecule has 0 bridgehead atoms. The number of halogens is 1. The van der Waals surface area contributed by atoms with Crippen molar-refractivity contribution in [2.24, 2.45) is 0 Å². The smallest absolute Gasteiger partial charge is 0.323 e. The van der Waals surface area contributed by atoms with Crippen molar-refractivity contribution in [3.05, 3.63) is 57.4 Å². The number of rotatable bonds is 2. The lowest BCUT2D eigenvalue weighted by Gasteiger charge is -2.06. The maximum atomic E-state index is 11.7. The standard InChI is InChI=1S/C12H10BrN3O2/c13-8-6-10(11(17)14-7-8)16-12(18)15-9-4-2-1-3-5-9/h1-7H,(H,14,17)(H2,15,16,18). The molecule has 0 saturated carbocycles. The average molecular weight is 308 g/mol. The minimum atomic E-state index is -0.468. The Bertz CT molecular complexity index is 610. The van der Waals surface area contributed by atoms with Crippen molar-refractivity contribution in [1.29, 1.82) is 0 Å². The highest BCUT2D eigenvalue weighted by molar-refractivity contribution is 9.10. The molecule has 2 amide bonds. The molecule has 92 valence electrons. The van der Waals surface area contributed by atoms with Gasteiger partial charge in [-0.15, -0.1) is 0 Å². The molecule has 0 atom stereocenters. The molecular weight excluding hydrogens is 298 g/mol. The molecule has 0 fully saturated rings. The third-order valence-corrected chi connectivity index (χ3v) is 2.61. The summed E-state index contributed by atoms with van der Waals surface area (Å²) in [6.07, 6.45) is 1.50. The first-order chi connectivity index (χ1) is 8.65. The second-order valence-electron chi connectivity index (χ2n) is 3.51. The number of amides is 2. The number of nitrogens with one attached hydrogen (secondary N) is 3. The van der Waals surface area contributed by atoms with Gasteiger partial charge in [0.25, 0.3) is 5.56 Å². The molecule has 0 saturated heterocycles. The number of H-pyrrole nitrogens is 1. The topological polar surface area (TPSA) is 74.0 Å². The van der Waals surface area contributed by atoms with Crippen LogP contribution in [0.5, 0.6) is 0 Å². The van der Waals surface area contributed by atoms with E-state index in [0.29, 0.717) is 10.2 Å². The van der Waals surface area contributed by atoms with Gasteiger partial charge in [0.1, 0.15) is 5.69 Å². The summed E-state index contributed by atoms with van der Waals surface area (Å²) in [7, 11) is 0. The molecule has 5 nitrogen and oxygen atoms in total. The first-order valence-electron chi connectivity index (χ1n) is 5.16. The molecule has 0 aliphatic heterocycles. The molecule has 6 heteroatoms. The number of urea groups is 1. The van der Waals surface area contributed by atoms with Crippen LogP contribution in [0, 0.1) is 0 Å². The van der Waals surface area contributed by atoms with E-state index in [0.717, 1.165) is 0 Å². The second-order valence-corrected chi connectivity index (χ2v) is 4.42. The second kappa shape index (κ2) is 5.50. The maximum absolute atomic E-state index is 11.7. The molecule has 1 aromatic carbocycles. The normalized spacial score (nSPS) is 9.83. The summed E-state index contributed by atoms with van der Waals surface area (Å²) >= 11 is 3.21. The van der Waals surface area contributed by atoms with Crippen molar-refractivity contribution in [3.63, 3.8) is 0 Å². The zero-order chi connectivity index (χ0) is 13.0. The van der Waals surface area contributed by atoms with Crippen molar-refractivity contribution in [3.8, 4) is 0 Å². The molecule has 0 aliphatic carbocycles. The quantitative estimate of drug-likeness (QED) is 0.798. The third kappa shape index (κ3) is 3.21. The van der Waals surface area contributed by atoms with Gasteiger partial charge in [-0.1, -0.05) is 18.2 Å². The van der Waals surface area contributed by atoms with Crippen molar-refractivity contribution in [2.75, 3.05) is 10.6 Å². The van der Waals surface area contributed by atoms with Gasteiger partial charge in [0.15, 0.2) is 0 Å². The van der Waals surface area contributed by atoms with Gasteiger partial charge in [0.2, 0.25) is 0 Å². The molecule has 0 aliphatic rings. The highest BCUT2D eigenvalue weighted by atomic mass is 79.9. The fourth-order valence-electron chi connectivity index (χ4n) is 1.36. The summed E-state index contributed by atoms with van der Waals surface area (Å²) in [5.41, 5.74) is 0.473. The van der Waals surface area contributed by atoms with Crippen LogP contribution in [0.15, 0.2) is 51.9 Å². The van der Waals surface area contributed by atoms with Crippen LogP contribution in [0.3, 0.4) is 0 Å². The fraction of sp³-hybridized carbons (Fsp3) is 0. The molecule has 2 aromatic rings. The van der Waals surface area contributed by atoms with Gasteiger partial charge in [0.05, 0.1) is 0 Å². The number of aromatic nitrogens is 1. The van der Waals surface area contributed by atoms with E-state index < -0.39 is 6.03 Å². The number of aromatic amines is 1. The van der Waals surface area contributed by atoms with Crippen LogP contribution in [0.4, 0.5) is 16.2 Å². The van der Waals surface area contributed by atoms with Gasteiger partial charge in [-0.25, -0.2) is 4.79 Å². The minimum absolute atomic E-state index is 0.179. The molecule has 3 N–H and O–H groups in total. The zero-order valence-electron chi connectivity index (χ0n) is 9.24. The van der Waals surface area contributed by atoms with Gasteiger partial charge in [0, 0.05) is 16.4 Å². The summed E-state index contributed by atoms with van der Waals surface area (Å²) in [5, 5.41) is 5.09. The Balaban J connectivity index is 2.08. The lowest BCUT2D eigenvalue weighted by atomic mass is 10.3. The van der Waals surface area contributed by atoms with Crippen LogP contribution < -0.4 is 16.2 Å². The number of anilines is 2. The van der Waals surface area contributed by atoms with Gasteiger partial charge in [-0.2, -0.15) is 0 Å². The molecular formula is C12H10BrN3O2. The van der Waals surface area contributed by atoms with E-state index >= 15 is 0 Å². The number of carbonyl (C=O) groups is 1. The summed E-state index contributed by atoms with van der Waals surface area (Å²) in [6.45, 7) is 0. The largest absolute Gasteiger partial charge is 0.326 e. The van der Waals surface area contributed by atoms with Crippen LogP contribution in [0.25, 0.3) is 0 Å². The van der Waals surface area contributed by atoms with E-state index in [1.165, 1.54) is 12.3 Å². The van der Waals surface area contributed by atoms with Gasteiger partial charge in [-0.05, 0) is 34.1 Å². The van der Waals surface area contributed by atoms with Gasteiger partial charge >= 0.3 is 6.03 Å². The number of carbonyl (C=O) groups excluding carboxylic acids is 1. The Morgan fingerprint density at radius 2 is 1.89 bits per heavy atom. The SMILES string of the molecule is O=C(Nc1ccccc1)Nc1cc(Br)c[nH]c1=O. The Morgan fingerprint density at radius 1 is 1.17 bits per heavy atom. The van der Waals surface area contributed by atoms with Crippen molar-refractivity contribution in [2.45, 2.75) is 0 Å². The van der Waals surface area contributed by atoms with Crippen LogP contribution in [0.2, 0.25) is 0 Å². The highest BCUT2D eigenvalue weighted by Gasteiger charge is 2.06. The Kier molecular flexibility index (Phi) is 3.78. The van der Waals surface area contributed by atoms with E-state index in [1.807, 2.05) is 18.2 Å². The van der Waals surface area contributed by atoms with E-state index in [9.17, 15) is 9.59 Å². The molecule has 18 heavy (non-hydrogen) atoms. The van der Waals surface area contributed by atoms with Crippen LogP contribution >= 0.6 is 15.9 Å². The predicted molar refractivity (Wildman–Crippen MR) is 73.8 cm³/mol. The molecule has 2 rings (SSSR count). The minimum Gasteiger partial charge on any atom is -0.326 e. The maximum Gasteiger partial charge on any atom is 0.323 e. The van der Waals surface area contributed by atoms with Gasteiger partial charge < -0.3 is 15.6 Å². The molecule has 1 aromatic heterocycles. The number of benzene rings is 1. The highest BCUT2D eigenvalue weighted by Crippen LogP contribution is 2.11. The molecule has 0 unspecified atom stereocenters. The van der Waals surface area contributed by atoms with Gasteiger partial charge in [-0.3, -0.25) is 4.79 Å². The summed E-state index contributed by atoms with van der Waals surface area (Å²) < 4.78 is 0.678. The van der Waals surface area contributed by atoms with Crippen molar-refractivity contribution < 1.29 is 4.79 Å². The van der Waals surface area contributed by atoms with Crippen LogP contribution in [-0.4, -0.2) is 11.0 Å². The monoisotopic (exact) mass is 307 g/mol. The summed E-state index contributed by atoms with van der Waals surface area (Å²) in [5.74, 6) is 0. The number of hydrogen-bond acceptors (Lipinski definition) is 2. The predicted octanol–water partition coefficient (Wildman–Crippen LogP) is 2.78. The summed E-state index contributed by atoms with van der Waals surface area (Å²) in [6, 6.07) is 10.0. The Morgan fingerprint density at radius 3 is 2.61 bits per heavy atom. The molecule has 0 spiro atoms. The first kappa shape index (κ1) is 12.4. The number of hydrogen-bond donors (Lipinski definition) is 3. The molecule has 0 radical (unpaired) electrons. The Labute approximate surface area is 111 Å². The first-order valence-corrected chi connectivity index (χ1v) is 5.96. The van der Waals surface area contributed by atoms with E-state index in [4.69, 9.17) is 0 Å². The molecule has 1 heterocycles. The van der Waals surface area contributed by atoms with Crippen molar-refractivity contribution in [1.82, 2.24) is 4.98 Å².